The van der Waals surface area contributed by atoms with E-state index in [-0.39, 0.29) is 0 Å². The van der Waals surface area contributed by atoms with Gasteiger partial charge in [-0.15, -0.1) is 0 Å². The van der Waals surface area contributed by atoms with E-state index in [1.165, 1.54) is 25.0 Å². The molecule has 1 aliphatic rings. The monoisotopic (exact) mass is 167 g/mol. The molecule has 70 valence electrons. The van der Waals surface area contributed by atoms with E-state index in [1.54, 1.807) is 0 Å². The molecule has 1 fully saturated rings. The third-order valence-corrected chi connectivity index (χ3v) is 2.67. The maximum atomic E-state index is 4.08. The van der Waals surface area contributed by atoms with Crippen molar-refractivity contribution in [2.75, 3.05) is 13.1 Å². The molecule has 0 spiro atoms. The second-order valence-electron chi connectivity index (χ2n) is 4.24. The predicted octanol–water partition coefficient (Wildman–Crippen LogP) is 2.68. The Labute approximate surface area is 76.5 Å². The molecule has 1 unspecified atom stereocenters. The Kier molecular flexibility index (Phi) is 3.33. The van der Waals surface area contributed by atoms with Crippen LogP contribution in [0.2, 0.25) is 0 Å². The topological polar surface area (TPSA) is 3.24 Å². The number of likely N-dealkylation sites (tertiary alicyclic amines) is 1. The van der Waals surface area contributed by atoms with E-state index in [4.69, 9.17) is 0 Å². The first-order chi connectivity index (χ1) is 5.65. The molecule has 0 aromatic heterocycles. The fraction of sp³-hybridized carbons (Fsp3) is 0.818. The van der Waals surface area contributed by atoms with E-state index in [9.17, 15) is 0 Å². The fourth-order valence-corrected chi connectivity index (χ4v) is 2.08. The van der Waals surface area contributed by atoms with Gasteiger partial charge in [-0.3, -0.25) is 4.90 Å². The zero-order chi connectivity index (χ0) is 9.14. The summed E-state index contributed by atoms with van der Waals surface area (Å²) in [6.07, 6.45) is 2.48. The first kappa shape index (κ1) is 9.79. The van der Waals surface area contributed by atoms with E-state index >= 15 is 0 Å². The highest BCUT2D eigenvalue weighted by molar-refractivity contribution is 5.08. The highest BCUT2D eigenvalue weighted by atomic mass is 15.2. The third kappa shape index (κ3) is 2.10. The van der Waals surface area contributed by atoms with Crippen molar-refractivity contribution >= 4 is 0 Å². The predicted molar refractivity (Wildman–Crippen MR) is 54.2 cm³/mol. The molecule has 1 aliphatic heterocycles. The molecule has 0 amide bonds. The van der Waals surface area contributed by atoms with Crippen molar-refractivity contribution in [1.82, 2.24) is 4.90 Å². The standard InChI is InChI=1S/C11H21N/c1-5-6-12-8-10(4)7-11(12)9(2)3/h9,11H,4-8H2,1-3H3. The first-order valence-electron chi connectivity index (χ1n) is 5.05. The Morgan fingerprint density at radius 1 is 1.58 bits per heavy atom. The van der Waals surface area contributed by atoms with Crippen LogP contribution in [0.5, 0.6) is 0 Å². The lowest BCUT2D eigenvalue weighted by atomic mass is 10.0. The van der Waals surface area contributed by atoms with Gasteiger partial charge in [0.05, 0.1) is 0 Å². The highest BCUT2D eigenvalue weighted by Gasteiger charge is 2.27. The molecule has 1 heterocycles. The van der Waals surface area contributed by atoms with Gasteiger partial charge in [0.25, 0.3) is 0 Å². The fourth-order valence-electron chi connectivity index (χ4n) is 2.08. The maximum Gasteiger partial charge on any atom is 0.0193 e. The van der Waals surface area contributed by atoms with Crippen molar-refractivity contribution in [1.29, 1.82) is 0 Å². The second-order valence-corrected chi connectivity index (χ2v) is 4.24. The van der Waals surface area contributed by atoms with Crippen molar-refractivity contribution in [3.8, 4) is 0 Å². The van der Waals surface area contributed by atoms with Crippen LogP contribution in [0.15, 0.2) is 12.2 Å². The Morgan fingerprint density at radius 3 is 2.75 bits per heavy atom. The zero-order valence-electron chi connectivity index (χ0n) is 8.64. The summed E-state index contributed by atoms with van der Waals surface area (Å²) in [6.45, 7) is 13.3. The SMILES string of the molecule is C=C1CC(C(C)C)N(CCC)C1. The number of nitrogens with zero attached hydrogens (tertiary/aromatic N) is 1. The Bertz CT molecular complexity index is 160. The number of rotatable bonds is 3. The normalized spacial score (nSPS) is 25.7. The van der Waals surface area contributed by atoms with E-state index in [2.05, 4.69) is 32.3 Å². The number of hydrogen-bond acceptors (Lipinski definition) is 1. The zero-order valence-corrected chi connectivity index (χ0v) is 8.64. The Morgan fingerprint density at radius 2 is 2.25 bits per heavy atom. The Balaban J connectivity index is 2.53. The van der Waals surface area contributed by atoms with E-state index in [0.29, 0.717) is 0 Å². The molecular weight excluding hydrogens is 146 g/mol. The lowest BCUT2D eigenvalue weighted by molar-refractivity contribution is 0.208. The molecule has 0 saturated carbocycles. The van der Waals surface area contributed by atoms with Crippen LogP contribution in [0, 0.1) is 5.92 Å². The second kappa shape index (κ2) is 4.08. The quantitative estimate of drug-likeness (QED) is 0.584. The lowest BCUT2D eigenvalue weighted by Gasteiger charge is -2.26. The minimum absolute atomic E-state index is 0.762. The summed E-state index contributed by atoms with van der Waals surface area (Å²) in [5.74, 6) is 0.774. The first-order valence-corrected chi connectivity index (χ1v) is 5.05. The van der Waals surface area contributed by atoms with Gasteiger partial charge in [-0.2, -0.15) is 0 Å². The molecular formula is C11H21N. The van der Waals surface area contributed by atoms with Crippen LogP contribution in [0.3, 0.4) is 0 Å². The largest absolute Gasteiger partial charge is 0.296 e. The van der Waals surface area contributed by atoms with Gasteiger partial charge in [0.2, 0.25) is 0 Å². The summed E-state index contributed by atoms with van der Waals surface area (Å²) in [7, 11) is 0. The molecule has 1 atom stereocenters. The van der Waals surface area contributed by atoms with Crippen molar-refractivity contribution in [2.24, 2.45) is 5.92 Å². The van der Waals surface area contributed by atoms with Gasteiger partial charge in [0.15, 0.2) is 0 Å². The molecule has 1 nitrogen and oxygen atoms in total. The molecule has 1 rings (SSSR count). The Hall–Kier alpha value is -0.300. The summed E-state index contributed by atoms with van der Waals surface area (Å²) >= 11 is 0. The van der Waals surface area contributed by atoms with Crippen molar-refractivity contribution in [3.05, 3.63) is 12.2 Å². The number of hydrogen-bond donors (Lipinski definition) is 0. The minimum atomic E-state index is 0.762. The van der Waals surface area contributed by atoms with E-state index in [0.717, 1.165) is 18.5 Å². The van der Waals surface area contributed by atoms with Crippen LogP contribution in [0.25, 0.3) is 0 Å². The van der Waals surface area contributed by atoms with Crippen molar-refractivity contribution in [2.45, 2.75) is 39.7 Å². The van der Waals surface area contributed by atoms with Crippen LogP contribution in [0.4, 0.5) is 0 Å². The molecule has 0 bridgehead atoms. The van der Waals surface area contributed by atoms with E-state index in [1.807, 2.05) is 0 Å². The van der Waals surface area contributed by atoms with Gasteiger partial charge in [-0.1, -0.05) is 32.9 Å². The lowest BCUT2D eigenvalue weighted by Crippen LogP contribution is -2.33. The van der Waals surface area contributed by atoms with Crippen LogP contribution < -0.4 is 0 Å². The summed E-state index contributed by atoms with van der Waals surface area (Å²) in [4.78, 5) is 2.58. The van der Waals surface area contributed by atoms with Gasteiger partial charge in [0.1, 0.15) is 0 Å². The smallest absolute Gasteiger partial charge is 0.0193 e. The molecule has 0 N–H and O–H groups in total. The summed E-state index contributed by atoms with van der Waals surface area (Å²) in [5, 5.41) is 0. The van der Waals surface area contributed by atoms with Gasteiger partial charge in [-0.25, -0.2) is 0 Å². The third-order valence-electron chi connectivity index (χ3n) is 2.67. The van der Waals surface area contributed by atoms with Gasteiger partial charge in [0, 0.05) is 12.6 Å². The van der Waals surface area contributed by atoms with Crippen LogP contribution in [-0.2, 0) is 0 Å². The van der Waals surface area contributed by atoms with E-state index < -0.39 is 0 Å². The molecule has 0 radical (unpaired) electrons. The van der Waals surface area contributed by atoms with Crippen molar-refractivity contribution in [3.63, 3.8) is 0 Å². The van der Waals surface area contributed by atoms with Crippen molar-refractivity contribution < 1.29 is 0 Å². The molecule has 0 aromatic carbocycles. The van der Waals surface area contributed by atoms with Crippen LogP contribution in [-0.4, -0.2) is 24.0 Å². The average Bonchev–Trinajstić information content (AvgIpc) is 2.32. The average molecular weight is 167 g/mol. The molecule has 0 aliphatic carbocycles. The molecule has 1 saturated heterocycles. The van der Waals surface area contributed by atoms with Crippen LogP contribution >= 0.6 is 0 Å². The van der Waals surface area contributed by atoms with Gasteiger partial charge < -0.3 is 0 Å². The maximum absolute atomic E-state index is 4.08. The molecule has 1 heteroatoms. The molecule has 12 heavy (non-hydrogen) atoms. The molecule has 0 aromatic rings. The highest BCUT2D eigenvalue weighted by Crippen LogP contribution is 2.26. The summed E-state index contributed by atoms with van der Waals surface area (Å²) in [6, 6.07) is 0.762. The summed E-state index contributed by atoms with van der Waals surface area (Å²) < 4.78 is 0. The van der Waals surface area contributed by atoms with Crippen LogP contribution in [0.1, 0.15) is 33.6 Å². The minimum Gasteiger partial charge on any atom is -0.296 e. The van der Waals surface area contributed by atoms with Gasteiger partial charge >= 0.3 is 0 Å². The van der Waals surface area contributed by atoms with Gasteiger partial charge in [-0.05, 0) is 25.3 Å². The summed E-state index contributed by atoms with van der Waals surface area (Å²) in [5.41, 5.74) is 1.42.